The van der Waals surface area contributed by atoms with Gasteiger partial charge in [-0.3, -0.25) is 4.90 Å². The molecular formula is C14H23N3O2. The Kier molecular flexibility index (Phi) is 5.42. The zero-order chi connectivity index (χ0) is 13.5. The van der Waals surface area contributed by atoms with Crippen molar-refractivity contribution in [1.29, 1.82) is 0 Å². The molecule has 106 valence electrons. The predicted molar refractivity (Wildman–Crippen MR) is 75.7 cm³/mol. The SMILES string of the molecule is CC(C)Oc1cccnc1NCCN1CCOCC1. The van der Waals surface area contributed by atoms with E-state index in [-0.39, 0.29) is 6.10 Å². The van der Waals surface area contributed by atoms with Gasteiger partial charge in [0.2, 0.25) is 0 Å². The molecule has 0 aromatic carbocycles. The van der Waals surface area contributed by atoms with Gasteiger partial charge in [-0.1, -0.05) is 0 Å². The van der Waals surface area contributed by atoms with Gasteiger partial charge < -0.3 is 14.8 Å². The highest BCUT2D eigenvalue weighted by Gasteiger charge is 2.10. The number of hydrogen-bond acceptors (Lipinski definition) is 5. The fraction of sp³-hybridized carbons (Fsp3) is 0.643. The first-order valence-corrected chi connectivity index (χ1v) is 6.91. The third-order valence-electron chi connectivity index (χ3n) is 2.96. The highest BCUT2D eigenvalue weighted by Crippen LogP contribution is 2.21. The van der Waals surface area contributed by atoms with Gasteiger partial charge in [0.05, 0.1) is 19.3 Å². The van der Waals surface area contributed by atoms with Crippen LogP contribution < -0.4 is 10.1 Å². The van der Waals surface area contributed by atoms with Crippen molar-refractivity contribution in [2.24, 2.45) is 0 Å². The molecule has 1 fully saturated rings. The molecule has 0 aliphatic carbocycles. The number of nitrogens with zero attached hydrogens (tertiary/aromatic N) is 2. The van der Waals surface area contributed by atoms with Crippen LogP contribution in [0.15, 0.2) is 18.3 Å². The zero-order valence-electron chi connectivity index (χ0n) is 11.8. The van der Waals surface area contributed by atoms with E-state index >= 15 is 0 Å². The largest absolute Gasteiger partial charge is 0.487 e. The van der Waals surface area contributed by atoms with Crippen LogP contribution in [-0.2, 0) is 4.74 Å². The van der Waals surface area contributed by atoms with Crippen molar-refractivity contribution in [3.8, 4) is 5.75 Å². The Morgan fingerprint density at radius 3 is 2.95 bits per heavy atom. The van der Waals surface area contributed by atoms with Crippen LogP contribution >= 0.6 is 0 Å². The maximum Gasteiger partial charge on any atom is 0.168 e. The summed E-state index contributed by atoms with van der Waals surface area (Å²) in [5.74, 6) is 1.64. The van der Waals surface area contributed by atoms with Crippen molar-refractivity contribution < 1.29 is 9.47 Å². The average molecular weight is 265 g/mol. The quantitative estimate of drug-likeness (QED) is 0.847. The van der Waals surface area contributed by atoms with Crippen LogP contribution in [0.2, 0.25) is 0 Å². The molecule has 19 heavy (non-hydrogen) atoms. The lowest BCUT2D eigenvalue weighted by Crippen LogP contribution is -2.39. The molecule has 5 nitrogen and oxygen atoms in total. The molecule has 5 heteroatoms. The van der Waals surface area contributed by atoms with E-state index in [9.17, 15) is 0 Å². The van der Waals surface area contributed by atoms with Crippen LogP contribution in [0.3, 0.4) is 0 Å². The monoisotopic (exact) mass is 265 g/mol. The molecule has 1 aliphatic heterocycles. The Labute approximate surface area is 114 Å². The topological polar surface area (TPSA) is 46.6 Å². The van der Waals surface area contributed by atoms with E-state index in [0.717, 1.165) is 51.0 Å². The van der Waals surface area contributed by atoms with Crippen molar-refractivity contribution in [2.75, 3.05) is 44.7 Å². The summed E-state index contributed by atoms with van der Waals surface area (Å²) in [6.45, 7) is 9.61. The standard InChI is InChI=1S/C14H23N3O2/c1-12(2)19-13-4-3-5-15-14(13)16-6-7-17-8-10-18-11-9-17/h3-5,12H,6-11H2,1-2H3,(H,15,16). The van der Waals surface area contributed by atoms with Crippen molar-refractivity contribution in [3.63, 3.8) is 0 Å². The van der Waals surface area contributed by atoms with Gasteiger partial charge in [-0.2, -0.15) is 0 Å². The molecule has 0 atom stereocenters. The summed E-state index contributed by atoms with van der Waals surface area (Å²) in [6.07, 6.45) is 1.94. The van der Waals surface area contributed by atoms with E-state index in [4.69, 9.17) is 9.47 Å². The van der Waals surface area contributed by atoms with Crippen molar-refractivity contribution in [1.82, 2.24) is 9.88 Å². The highest BCUT2D eigenvalue weighted by atomic mass is 16.5. The van der Waals surface area contributed by atoms with E-state index in [1.54, 1.807) is 6.20 Å². The van der Waals surface area contributed by atoms with Crippen LogP contribution in [0.5, 0.6) is 5.75 Å². The van der Waals surface area contributed by atoms with Crippen molar-refractivity contribution in [3.05, 3.63) is 18.3 Å². The maximum atomic E-state index is 5.73. The van der Waals surface area contributed by atoms with E-state index < -0.39 is 0 Å². The van der Waals surface area contributed by atoms with E-state index in [1.165, 1.54) is 0 Å². The number of aromatic nitrogens is 1. The van der Waals surface area contributed by atoms with Gasteiger partial charge in [0.15, 0.2) is 11.6 Å². The Balaban J connectivity index is 1.81. The van der Waals surface area contributed by atoms with Gasteiger partial charge in [-0.05, 0) is 26.0 Å². The molecule has 0 saturated carbocycles. The predicted octanol–water partition coefficient (Wildman–Crippen LogP) is 1.61. The summed E-state index contributed by atoms with van der Waals surface area (Å²) in [7, 11) is 0. The number of rotatable bonds is 6. The third kappa shape index (κ3) is 4.69. The molecule has 1 aromatic heterocycles. The minimum Gasteiger partial charge on any atom is -0.487 e. The average Bonchev–Trinajstić information content (AvgIpc) is 2.41. The minimum absolute atomic E-state index is 0.156. The molecular weight excluding hydrogens is 242 g/mol. The third-order valence-corrected chi connectivity index (χ3v) is 2.96. The summed E-state index contributed by atoms with van der Waals surface area (Å²) in [5, 5.41) is 3.35. The van der Waals surface area contributed by atoms with Crippen molar-refractivity contribution in [2.45, 2.75) is 20.0 Å². The molecule has 2 rings (SSSR count). The molecule has 1 aromatic rings. The van der Waals surface area contributed by atoms with Gasteiger partial charge in [0.1, 0.15) is 0 Å². The Bertz CT molecular complexity index is 379. The van der Waals surface area contributed by atoms with Crippen LogP contribution in [0.25, 0.3) is 0 Å². The molecule has 1 N–H and O–H groups in total. The Morgan fingerprint density at radius 2 is 2.21 bits per heavy atom. The number of anilines is 1. The molecule has 0 radical (unpaired) electrons. The Morgan fingerprint density at radius 1 is 1.42 bits per heavy atom. The fourth-order valence-corrected chi connectivity index (χ4v) is 2.03. The van der Waals surface area contributed by atoms with Crippen LogP contribution in [0.1, 0.15) is 13.8 Å². The second kappa shape index (κ2) is 7.31. The van der Waals surface area contributed by atoms with E-state index in [0.29, 0.717) is 0 Å². The summed E-state index contributed by atoms with van der Waals surface area (Å²) < 4.78 is 11.1. The molecule has 0 unspecified atom stereocenters. The number of hydrogen-bond donors (Lipinski definition) is 1. The van der Waals surface area contributed by atoms with Crippen LogP contribution in [-0.4, -0.2) is 55.4 Å². The summed E-state index contributed by atoms with van der Waals surface area (Å²) in [5.41, 5.74) is 0. The molecule has 0 spiro atoms. The van der Waals surface area contributed by atoms with E-state index in [2.05, 4.69) is 15.2 Å². The first-order chi connectivity index (χ1) is 9.25. The van der Waals surface area contributed by atoms with Gasteiger partial charge >= 0.3 is 0 Å². The summed E-state index contributed by atoms with van der Waals surface area (Å²) in [6, 6.07) is 3.84. The summed E-state index contributed by atoms with van der Waals surface area (Å²) >= 11 is 0. The number of morpholine rings is 1. The first-order valence-electron chi connectivity index (χ1n) is 6.91. The van der Waals surface area contributed by atoms with Gasteiger partial charge in [-0.25, -0.2) is 4.98 Å². The van der Waals surface area contributed by atoms with Gasteiger partial charge in [-0.15, -0.1) is 0 Å². The fourth-order valence-electron chi connectivity index (χ4n) is 2.03. The van der Waals surface area contributed by atoms with E-state index in [1.807, 2.05) is 26.0 Å². The second-order valence-corrected chi connectivity index (χ2v) is 4.90. The minimum atomic E-state index is 0.156. The zero-order valence-corrected chi connectivity index (χ0v) is 11.8. The number of nitrogens with one attached hydrogen (secondary N) is 1. The second-order valence-electron chi connectivity index (χ2n) is 4.90. The summed E-state index contributed by atoms with van der Waals surface area (Å²) in [4.78, 5) is 6.73. The lowest BCUT2D eigenvalue weighted by atomic mass is 10.3. The highest BCUT2D eigenvalue weighted by molar-refractivity contribution is 5.49. The maximum absolute atomic E-state index is 5.73. The molecule has 0 bridgehead atoms. The number of ether oxygens (including phenoxy) is 2. The molecule has 1 saturated heterocycles. The molecule has 0 amide bonds. The van der Waals surface area contributed by atoms with Gasteiger partial charge in [0.25, 0.3) is 0 Å². The van der Waals surface area contributed by atoms with Crippen LogP contribution in [0.4, 0.5) is 5.82 Å². The van der Waals surface area contributed by atoms with Crippen LogP contribution in [0, 0.1) is 0 Å². The lowest BCUT2D eigenvalue weighted by molar-refractivity contribution is 0.0398. The molecule has 1 aliphatic rings. The normalized spacial score (nSPS) is 16.6. The Hall–Kier alpha value is -1.33. The first kappa shape index (κ1) is 14.1. The smallest absolute Gasteiger partial charge is 0.168 e. The lowest BCUT2D eigenvalue weighted by Gasteiger charge is -2.26. The van der Waals surface area contributed by atoms with Gasteiger partial charge in [0, 0.05) is 32.4 Å². The van der Waals surface area contributed by atoms with Crippen molar-refractivity contribution >= 4 is 5.82 Å². The number of pyridine rings is 1. The molecule has 2 heterocycles.